The van der Waals surface area contributed by atoms with Crippen LogP contribution in [0.25, 0.3) is 0 Å². The van der Waals surface area contributed by atoms with Gasteiger partial charge in [0.15, 0.2) is 0 Å². The summed E-state index contributed by atoms with van der Waals surface area (Å²) in [5.74, 6) is 0. The third kappa shape index (κ3) is 2.72. The van der Waals surface area contributed by atoms with Crippen LogP contribution in [0.15, 0.2) is 29.4 Å². The molecular formula is C13H18BNO2. The third-order valence-electron chi connectivity index (χ3n) is 3.54. The molecule has 0 saturated carbocycles. The number of nitrogens with zero attached hydrogens (tertiary/aromatic N) is 1. The Morgan fingerprint density at radius 2 is 2.24 bits per heavy atom. The van der Waals surface area contributed by atoms with Gasteiger partial charge in [0.05, 0.1) is 12.7 Å². The molecule has 1 aliphatic carbocycles. The van der Waals surface area contributed by atoms with Crippen molar-refractivity contribution in [3.05, 3.63) is 29.4 Å². The second-order valence-electron chi connectivity index (χ2n) is 4.91. The number of hydrogen-bond acceptors (Lipinski definition) is 3. The Kier molecular flexibility index (Phi) is 3.48. The number of likely N-dealkylation sites (tertiary alicyclic amines) is 1. The van der Waals surface area contributed by atoms with E-state index in [0.29, 0.717) is 6.61 Å². The first kappa shape index (κ1) is 11.3. The van der Waals surface area contributed by atoms with Crippen molar-refractivity contribution in [2.24, 2.45) is 0 Å². The highest BCUT2D eigenvalue weighted by Gasteiger charge is 2.35. The normalized spacial score (nSPS) is 29.1. The van der Waals surface area contributed by atoms with Gasteiger partial charge in [0.25, 0.3) is 0 Å². The lowest BCUT2D eigenvalue weighted by Crippen LogP contribution is -2.37. The standard InChI is InChI=1S/C13H18BNO2/c1-4-8-15(9-5-1)10-13-11-16-14(17-13)12-6-2-3-7-12/h2-3,6,13H,1,4-5,8-11H2/t13-/m0/s1. The Morgan fingerprint density at radius 3 is 3.00 bits per heavy atom. The highest BCUT2D eigenvalue weighted by atomic mass is 16.6. The molecule has 3 nitrogen and oxygen atoms in total. The molecule has 1 atom stereocenters. The molecule has 2 aliphatic heterocycles. The highest BCUT2D eigenvalue weighted by molar-refractivity contribution is 6.55. The number of allylic oxidation sites excluding steroid dienone is 3. The van der Waals surface area contributed by atoms with E-state index < -0.39 is 0 Å². The van der Waals surface area contributed by atoms with E-state index in [1.807, 2.05) is 18.2 Å². The van der Waals surface area contributed by atoms with Crippen LogP contribution < -0.4 is 0 Å². The summed E-state index contributed by atoms with van der Waals surface area (Å²) >= 11 is 0. The lowest BCUT2D eigenvalue weighted by Gasteiger charge is -2.28. The van der Waals surface area contributed by atoms with Gasteiger partial charge in [-0.1, -0.05) is 18.6 Å². The topological polar surface area (TPSA) is 21.7 Å². The fourth-order valence-corrected chi connectivity index (χ4v) is 2.63. The molecule has 0 aromatic rings. The van der Waals surface area contributed by atoms with Crippen LogP contribution in [0.5, 0.6) is 0 Å². The minimum atomic E-state index is -0.195. The molecule has 0 amide bonds. The summed E-state index contributed by atoms with van der Waals surface area (Å²) in [4.78, 5) is 2.49. The first-order valence-electron chi connectivity index (χ1n) is 6.54. The van der Waals surface area contributed by atoms with Gasteiger partial charge < -0.3 is 14.2 Å². The Bertz CT molecular complexity index is 368. The van der Waals surface area contributed by atoms with Gasteiger partial charge in [0, 0.05) is 12.0 Å². The van der Waals surface area contributed by atoms with E-state index in [1.54, 1.807) is 0 Å². The molecule has 0 spiro atoms. The van der Waals surface area contributed by atoms with E-state index >= 15 is 0 Å². The van der Waals surface area contributed by atoms with Gasteiger partial charge in [-0.25, -0.2) is 0 Å². The van der Waals surface area contributed by atoms with E-state index in [4.69, 9.17) is 9.31 Å². The Hall–Kier alpha value is -0.795. The van der Waals surface area contributed by atoms with Crippen molar-refractivity contribution < 1.29 is 9.31 Å². The van der Waals surface area contributed by atoms with E-state index in [1.165, 1.54) is 32.4 Å². The van der Waals surface area contributed by atoms with Gasteiger partial charge in [-0.2, -0.15) is 0 Å². The van der Waals surface area contributed by atoms with Crippen molar-refractivity contribution >= 4 is 7.12 Å². The summed E-state index contributed by atoms with van der Waals surface area (Å²) in [5.41, 5.74) is 4.16. The van der Waals surface area contributed by atoms with Crippen LogP contribution in [0.2, 0.25) is 0 Å². The summed E-state index contributed by atoms with van der Waals surface area (Å²) in [6.45, 7) is 4.15. The Balaban J connectivity index is 1.50. The van der Waals surface area contributed by atoms with Gasteiger partial charge in [0.1, 0.15) is 0 Å². The molecule has 0 aromatic carbocycles. The van der Waals surface area contributed by atoms with Crippen molar-refractivity contribution in [3.8, 4) is 0 Å². The molecule has 17 heavy (non-hydrogen) atoms. The van der Waals surface area contributed by atoms with Crippen LogP contribution in [-0.4, -0.2) is 44.4 Å². The third-order valence-corrected chi connectivity index (χ3v) is 3.54. The number of hydrogen-bond donors (Lipinski definition) is 0. The maximum absolute atomic E-state index is 5.91. The van der Waals surface area contributed by atoms with Gasteiger partial charge in [0.2, 0.25) is 0 Å². The van der Waals surface area contributed by atoms with Crippen LogP contribution in [0.4, 0.5) is 0 Å². The molecule has 0 bridgehead atoms. The smallest absolute Gasteiger partial charge is 0.404 e. The van der Waals surface area contributed by atoms with Gasteiger partial charge in [-0.05, 0) is 32.0 Å². The van der Waals surface area contributed by atoms with Crippen LogP contribution in [0.3, 0.4) is 0 Å². The second kappa shape index (κ2) is 5.24. The lowest BCUT2D eigenvalue weighted by molar-refractivity contribution is 0.133. The van der Waals surface area contributed by atoms with Gasteiger partial charge in [-0.15, -0.1) is 5.73 Å². The molecule has 0 N–H and O–H groups in total. The van der Waals surface area contributed by atoms with E-state index in [2.05, 4.69) is 10.6 Å². The lowest BCUT2D eigenvalue weighted by atomic mass is 9.80. The van der Waals surface area contributed by atoms with Crippen molar-refractivity contribution in [3.63, 3.8) is 0 Å². The van der Waals surface area contributed by atoms with Crippen molar-refractivity contribution in [1.82, 2.24) is 4.90 Å². The first-order valence-corrected chi connectivity index (χ1v) is 6.54. The quantitative estimate of drug-likeness (QED) is 0.543. The molecule has 0 unspecified atom stereocenters. The van der Waals surface area contributed by atoms with Crippen molar-refractivity contribution in [1.29, 1.82) is 0 Å². The molecule has 4 heteroatoms. The van der Waals surface area contributed by atoms with Crippen LogP contribution >= 0.6 is 0 Å². The predicted molar refractivity (Wildman–Crippen MR) is 67.6 cm³/mol. The second-order valence-corrected chi connectivity index (χ2v) is 4.91. The SMILES string of the molecule is C1=CC=CC=1B1OC[C@H](CN2CCCCC2)O1. The zero-order valence-electron chi connectivity index (χ0n) is 10.1. The molecule has 3 aliphatic rings. The average Bonchev–Trinajstić information content (AvgIpc) is 3.00. The monoisotopic (exact) mass is 231 g/mol. The molecule has 2 saturated heterocycles. The molecule has 2 fully saturated rings. The van der Waals surface area contributed by atoms with E-state index in [0.717, 1.165) is 12.0 Å². The Morgan fingerprint density at radius 1 is 1.35 bits per heavy atom. The maximum Gasteiger partial charge on any atom is 0.502 e. The van der Waals surface area contributed by atoms with Crippen LogP contribution in [0.1, 0.15) is 19.3 Å². The van der Waals surface area contributed by atoms with Gasteiger partial charge in [-0.3, -0.25) is 0 Å². The molecule has 3 rings (SSSR count). The maximum atomic E-state index is 5.91. The summed E-state index contributed by atoms with van der Waals surface area (Å²) in [7, 11) is -0.195. The summed E-state index contributed by atoms with van der Waals surface area (Å²) in [6, 6.07) is 0. The zero-order chi connectivity index (χ0) is 11.5. The average molecular weight is 231 g/mol. The van der Waals surface area contributed by atoms with Crippen LogP contribution in [-0.2, 0) is 9.31 Å². The number of piperidine rings is 1. The van der Waals surface area contributed by atoms with Crippen molar-refractivity contribution in [2.75, 3.05) is 26.2 Å². The van der Waals surface area contributed by atoms with Gasteiger partial charge >= 0.3 is 7.12 Å². The van der Waals surface area contributed by atoms with E-state index in [-0.39, 0.29) is 13.2 Å². The zero-order valence-corrected chi connectivity index (χ0v) is 10.1. The molecule has 90 valence electrons. The summed E-state index contributed by atoms with van der Waals surface area (Å²) in [5, 5.41) is 0. The molecule has 2 heterocycles. The highest BCUT2D eigenvalue weighted by Crippen LogP contribution is 2.19. The number of rotatable bonds is 3. The van der Waals surface area contributed by atoms with E-state index in [9.17, 15) is 0 Å². The fraction of sp³-hybridized carbons (Fsp3) is 0.615. The molecular weight excluding hydrogens is 213 g/mol. The summed E-state index contributed by atoms with van der Waals surface area (Å²) in [6.07, 6.45) is 10.1. The minimum absolute atomic E-state index is 0.195. The first-order chi connectivity index (χ1) is 8.42. The minimum Gasteiger partial charge on any atom is -0.404 e. The predicted octanol–water partition coefficient (Wildman–Crippen LogP) is 1.57. The largest absolute Gasteiger partial charge is 0.502 e. The Labute approximate surface area is 103 Å². The molecule has 0 radical (unpaired) electrons. The van der Waals surface area contributed by atoms with Crippen LogP contribution in [0, 0.1) is 0 Å². The molecule has 0 aromatic heterocycles. The fourth-order valence-electron chi connectivity index (χ4n) is 2.63. The summed E-state index contributed by atoms with van der Waals surface area (Å²) < 4.78 is 11.6. The van der Waals surface area contributed by atoms with Crippen molar-refractivity contribution in [2.45, 2.75) is 25.4 Å².